The van der Waals surface area contributed by atoms with E-state index in [2.05, 4.69) is 5.32 Å². The number of hydrogen-bond donors (Lipinski definition) is 1. The van der Waals surface area contributed by atoms with Crippen molar-refractivity contribution < 1.29 is 9.21 Å². The molecule has 28 heavy (non-hydrogen) atoms. The molecule has 0 unspecified atom stereocenters. The molecule has 3 aromatic carbocycles. The summed E-state index contributed by atoms with van der Waals surface area (Å²) in [6.07, 6.45) is 0. The van der Waals surface area contributed by atoms with E-state index in [0.29, 0.717) is 5.58 Å². The molecule has 4 heteroatoms. The number of carbonyl (C=O) groups excluding carboxylic acids is 1. The van der Waals surface area contributed by atoms with Crippen LogP contribution in [-0.2, 0) is 0 Å². The highest BCUT2D eigenvalue weighted by molar-refractivity contribution is 5.97. The lowest BCUT2D eigenvalue weighted by atomic mass is 9.98. The number of nitrogens with one attached hydrogen (secondary N) is 1. The maximum absolute atomic E-state index is 13.0. The average Bonchev–Trinajstić information content (AvgIpc) is 2.73. The Labute approximate surface area is 162 Å². The predicted octanol–water partition coefficient (Wildman–Crippen LogP) is 4.62. The molecule has 0 saturated heterocycles. The Morgan fingerprint density at radius 3 is 2.07 bits per heavy atom. The highest BCUT2D eigenvalue weighted by atomic mass is 16.4. The van der Waals surface area contributed by atoms with Crippen LogP contribution in [0.3, 0.4) is 0 Å². The lowest BCUT2D eigenvalue weighted by Gasteiger charge is -2.19. The summed E-state index contributed by atoms with van der Waals surface area (Å²) in [4.78, 5) is 25.4. The molecule has 0 aliphatic heterocycles. The number of rotatable bonds is 4. The van der Waals surface area contributed by atoms with Crippen molar-refractivity contribution in [3.05, 3.63) is 118 Å². The number of amides is 1. The van der Waals surface area contributed by atoms with Gasteiger partial charge in [-0.2, -0.15) is 0 Å². The van der Waals surface area contributed by atoms with Crippen LogP contribution in [0.1, 0.15) is 33.1 Å². The lowest BCUT2D eigenvalue weighted by molar-refractivity contribution is 0.0939. The summed E-state index contributed by atoms with van der Waals surface area (Å²) in [5.74, 6) is -0.463. The van der Waals surface area contributed by atoms with Crippen LogP contribution in [0.2, 0.25) is 0 Å². The molecule has 0 aliphatic carbocycles. The van der Waals surface area contributed by atoms with Crippen molar-refractivity contribution in [1.29, 1.82) is 0 Å². The molecule has 0 atom stereocenters. The maximum atomic E-state index is 13.0. The molecule has 4 rings (SSSR count). The summed E-state index contributed by atoms with van der Waals surface area (Å²) in [6, 6.07) is 26.0. The Balaban J connectivity index is 1.73. The minimum absolute atomic E-state index is 0.00466. The van der Waals surface area contributed by atoms with E-state index < -0.39 is 11.5 Å². The number of fused-ring (bicyclic) bond motifs is 1. The van der Waals surface area contributed by atoms with Gasteiger partial charge in [-0.1, -0.05) is 72.3 Å². The van der Waals surface area contributed by atoms with Crippen molar-refractivity contribution in [1.82, 2.24) is 5.32 Å². The van der Waals surface area contributed by atoms with Crippen LogP contribution in [-0.4, -0.2) is 5.91 Å². The second-order valence-corrected chi connectivity index (χ2v) is 6.72. The van der Waals surface area contributed by atoms with Gasteiger partial charge in [0.05, 0.1) is 6.04 Å². The first kappa shape index (κ1) is 17.7. The number of aryl methyl sites for hydroxylation is 1. The minimum atomic E-state index is -0.645. The van der Waals surface area contributed by atoms with E-state index in [1.807, 2.05) is 79.7 Å². The van der Waals surface area contributed by atoms with Crippen molar-refractivity contribution in [2.24, 2.45) is 0 Å². The maximum Gasteiger partial charge on any atom is 0.349 e. The SMILES string of the molecule is Cc1ccc2oc(=O)c(C(=O)NC(c3ccccc3)c3ccccc3)cc2c1. The predicted molar refractivity (Wildman–Crippen MR) is 109 cm³/mol. The van der Waals surface area contributed by atoms with Gasteiger partial charge in [0, 0.05) is 5.39 Å². The Morgan fingerprint density at radius 2 is 1.46 bits per heavy atom. The van der Waals surface area contributed by atoms with Gasteiger partial charge in [0.15, 0.2) is 0 Å². The highest BCUT2D eigenvalue weighted by Gasteiger charge is 2.20. The Morgan fingerprint density at radius 1 is 0.857 bits per heavy atom. The topological polar surface area (TPSA) is 59.3 Å². The third-order valence-corrected chi connectivity index (χ3v) is 4.67. The largest absolute Gasteiger partial charge is 0.422 e. The average molecular weight is 369 g/mol. The number of hydrogen-bond acceptors (Lipinski definition) is 3. The van der Waals surface area contributed by atoms with Gasteiger partial charge < -0.3 is 9.73 Å². The van der Waals surface area contributed by atoms with Gasteiger partial charge in [0.25, 0.3) is 5.91 Å². The standard InChI is InChI=1S/C24H19NO3/c1-16-12-13-21-19(14-16)15-20(24(27)28-21)23(26)25-22(17-8-4-2-5-9-17)18-10-6-3-7-11-18/h2-15,22H,1H3,(H,25,26). The first-order valence-electron chi connectivity index (χ1n) is 9.07. The monoisotopic (exact) mass is 369 g/mol. The first-order chi connectivity index (χ1) is 13.6. The molecule has 138 valence electrons. The van der Waals surface area contributed by atoms with E-state index in [-0.39, 0.29) is 11.6 Å². The summed E-state index contributed by atoms with van der Waals surface area (Å²) in [6.45, 7) is 1.95. The number of benzene rings is 3. The van der Waals surface area contributed by atoms with Gasteiger partial charge in [0.1, 0.15) is 11.1 Å². The quantitative estimate of drug-likeness (QED) is 0.534. The fourth-order valence-electron chi connectivity index (χ4n) is 3.26. The van der Waals surface area contributed by atoms with Crippen LogP contribution in [0, 0.1) is 6.92 Å². The lowest BCUT2D eigenvalue weighted by Crippen LogP contribution is -2.32. The molecule has 4 aromatic rings. The molecule has 1 amide bonds. The molecule has 0 spiro atoms. The van der Waals surface area contributed by atoms with Crippen LogP contribution in [0.25, 0.3) is 11.0 Å². The Bertz CT molecular complexity index is 1140. The van der Waals surface area contributed by atoms with Gasteiger partial charge in [-0.3, -0.25) is 4.79 Å². The third kappa shape index (κ3) is 3.58. The molecule has 0 bridgehead atoms. The Hall–Kier alpha value is -3.66. The van der Waals surface area contributed by atoms with Crippen molar-refractivity contribution in [2.75, 3.05) is 0 Å². The van der Waals surface area contributed by atoms with E-state index in [9.17, 15) is 9.59 Å². The van der Waals surface area contributed by atoms with Crippen LogP contribution < -0.4 is 10.9 Å². The first-order valence-corrected chi connectivity index (χ1v) is 9.07. The zero-order chi connectivity index (χ0) is 19.5. The van der Waals surface area contributed by atoms with Crippen molar-refractivity contribution in [3.63, 3.8) is 0 Å². The van der Waals surface area contributed by atoms with E-state index in [4.69, 9.17) is 4.42 Å². The molecule has 0 radical (unpaired) electrons. The van der Waals surface area contributed by atoms with Gasteiger partial charge in [-0.05, 0) is 36.2 Å². The second kappa shape index (κ2) is 7.53. The Kier molecular flexibility index (Phi) is 4.77. The van der Waals surface area contributed by atoms with Crippen molar-refractivity contribution >= 4 is 16.9 Å². The summed E-state index contributed by atoms with van der Waals surface area (Å²) in [5, 5.41) is 3.71. The number of carbonyl (C=O) groups is 1. The fourth-order valence-corrected chi connectivity index (χ4v) is 3.26. The van der Waals surface area contributed by atoms with Crippen molar-refractivity contribution in [3.8, 4) is 0 Å². The van der Waals surface area contributed by atoms with E-state index in [1.54, 1.807) is 12.1 Å². The third-order valence-electron chi connectivity index (χ3n) is 4.67. The zero-order valence-electron chi connectivity index (χ0n) is 15.4. The van der Waals surface area contributed by atoms with Gasteiger partial charge >= 0.3 is 5.63 Å². The van der Waals surface area contributed by atoms with Crippen LogP contribution >= 0.6 is 0 Å². The van der Waals surface area contributed by atoms with Gasteiger partial charge in [-0.25, -0.2) is 4.79 Å². The summed E-state index contributed by atoms with van der Waals surface area (Å²) < 4.78 is 5.35. The van der Waals surface area contributed by atoms with Crippen LogP contribution in [0.4, 0.5) is 0 Å². The zero-order valence-corrected chi connectivity index (χ0v) is 15.4. The fraction of sp³-hybridized carbons (Fsp3) is 0.0833. The molecule has 0 fully saturated rings. The summed E-state index contributed by atoms with van der Waals surface area (Å²) >= 11 is 0. The smallest absolute Gasteiger partial charge is 0.349 e. The summed E-state index contributed by atoms with van der Waals surface area (Å²) in [5.41, 5.74) is 2.71. The van der Waals surface area contributed by atoms with E-state index in [1.165, 1.54) is 0 Å². The molecule has 4 nitrogen and oxygen atoms in total. The molecule has 0 aliphatic rings. The highest BCUT2D eigenvalue weighted by Crippen LogP contribution is 2.22. The van der Waals surface area contributed by atoms with E-state index in [0.717, 1.165) is 22.1 Å². The molecule has 1 N–H and O–H groups in total. The van der Waals surface area contributed by atoms with Crippen LogP contribution in [0.15, 0.2) is 94.1 Å². The minimum Gasteiger partial charge on any atom is -0.422 e. The normalized spacial score (nSPS) is 10.9. The van der Waals surface area contributed by atoms with Gasteiger partial charge in [0.2, 0.25) is 0 Å². The van der Waals surface area contributed by atoms with Gasteiger partial charge in [-0.15, -0.1) is 0 Å². The summed E-state index contributed by atoms with van der Waals surface area (Å²) in [7, 11) is 0. The molecular formula is C24H19NO3. The molecular weight excluding hydrogens is 350 g/mol. The molecule has 1 aromatic heterocycles. The second-order valence-electron chi connectivity index (χ2n) is 6.72. The van der Waals surface area contributed by atoms with Crippen LogP contribution in [0.5, 0.6) is 0 Å². The van der Waals surface area contributed by atoms with Crippen molar-refractivity contribution in [2.45, 2.75) is 13.0 Å². The van der Waals surface area contributed by atoms with E-state index >= 15 is 0 Å². The molecule has 0 saturated carbocycles. The molecule has 1 heterocycles.